The summed E-state index contributed by atoms with van der Waals surface area (Å²) in [5, 5.41) is 9.81. The van der Waals surface area contributed by atoms with Gasteiger partial charge in [0.1, 0.15) is 0 Å². The molecule has 0 aliphatic heterocycles. The molecule has 0 heterocycles. The molecule has 154 valence electrons. The van der Waals surface area contributed by atoms with E-state index < -0.39 is 21.9 Å². The molecule has 0 aliphatic rings. The number of carbonyl (C=O) groups is 2. The van der Waals surface area contributed by atoms with Crippen molar-refractivity contribution in [2.45, 2.75) is 11.8 Å². The van der Waals surface area contributed by atoms with Crippen LogP contribution in [0.2, 0.25) is 0 Å². The molecular weight excluding hydrogens is 404 g/mol. The number of anilines is 1. The second-order valence-corrected chi connectivity index (χ2v) is 8.18. The number of esters is 1. The SMILES string of the molecule is COC(=O)c1ccc(S(N)(=O)=O)cc1NC(=O)C=C(C)c1ccc2ccccc2c1. The van der Waals surface area contributed by atoms with E-state index in [4.69, 9.17) is 5.14 Å². The number of primary sulfonamides is 1. The van der Waals surface area contributed by atoms with Gasteiger partial charge in [0.25, 0.3) is 0 Å². The van der Waals surface area contributed by atoms with E-state index in [9.17, 15) is 18.0 Å². The number of amides is 1. The molecule has 3 N–H and O–H groups in total. The number of ether oxygens (including phenoxy) is 1. The molecule has 0 fully saturated rings. The van der Waals surface area contributed by atoms with Crippen LogP contribution in [0.1, 0.15) is 22.8 Å². The fourth-order valence-corrected chi connectivity index (χ4v) is 3.51. The van der Waals surface area contributed by atoms with Crippen molar-refractivity contribution < 1.29 is 22.7 Å². The molecule has 0 atom stereocenters. The van der Waals surface area contributed by atoms with Crippen LogP contribution in [0.5, 0.6) is 0 Å². The average molecular weight is 424 g/mol. The minimum Gasteiger partial charge on any atom is -0.465 e. The lowest BCUT2D eigenvalue weighted by atomic mass is 10.0. The monoisotopic (exact) mass is 424 g/mol. The second-order valence-electron chi connectivity index (χ2n) is 6.62. The Morgan fingerprint density at radius 3 is 2.37 bits per heavy atom. The number of hydrogen-bond acceptors (Lipinski definition) is 5. The summed E-state index contributed by atoms with van der Waals surface area (Å²) in [5.74, 6) is -1.25. The third kappa shape index (κ3) is 4.73. The summed E-state index contributed by atoms with van der Waals surface area (Å²) in [7, 11) is -2.83. The van der Waals surface area contributed by atoms with Crippen molar-refractivity contribution in [2.75, 3.05) is 12.4 Å². The Labute approximate surface area is 174 Å². The molecule has 8 heteroatoms. The summed E-state index contributed by atoms with van der Waals surface area (Å²) in [4.78, 5) is 24.3. The van der Waals surface area contributed by atoms with Gasteiger partial charge in [0.2, 0.25) is 15.9 Å². The number of hydrogen-bond donors (Lipinski definition) is 2. The number of sulfonamides is 1. The molecule has 3 aromatic carbocycles. The fraction of sp³-hybridized carbons (Fsp3) is 0.0909. The van der Waals surface area contributed by atoms with Gasteiger partial charge in [-0.2, -0.15) is 0 Å². The van der Waals surface area contributed by atoms with Crippen LogP contribution in [0.25, 0.3) is 16.3 Å². The first-order valence-electron chi connectivity index (χ1n) is 8.92. The number of benzene rings is 3. The van der Waals surface area contributed by atoms with E-state index in [1.54, 1.807) is 6.92 Å². The van der Waals surface area contributed by atoms with E-state index in [0.29, 0.717) is 5.57 Å². The van der Waals surface area contributed by atoms with Gasteiger partial charge >= 0.3 is 5.97 Å². The predicted octanol–water partition coefficient (Wildman–Crippen LogP) is 3.32. The van der Waals surface area contributed by atoms with Crippen LogP contribution >= 0.6 is 0 Å². The number of carbonyl (C=O) groups excluding carboxylic acids is 2. The molecule has 3 aromatic rings. The smallest absolute Gasteiger partial charge is 0.339 e. The molecule has 7 nitrogen and oxygen atoms in total. The molecule has 0 bridgehead atoms. The molecule has 1 amide bonds. The first-order valence-corrected chi connectivity index (χ1v) is 10.5. The molecule has 0 saturated carbocycles. The van der Waals surface area contributed by atoms with Crippen molar-refractivity contribution in [1.29, 1.82) is 0 Å². The Morgan fingerprint density at radius 2 is 1.70 bits per heavy atom. The van der Waals surface area contributed by atoms with Crippen molar-refractivity contribution in [1.82, 2.24) is 0 Å². The lowest BCUT2D eigenvalue weighted by Gasteiger charge is -2.11. The summed E-state index contributed by atoms with van der Waals surface area (Å²) in [6.45, 7) is 1.78. The summed E-state index contributed by atoms with van der Waals surface area (Å²) >= 11 is 0. The number of methoxy groups -OCH3 is 1. The minimum absolute atomic E-state index is 0.00927. The second kappa shape index (κ2) is 8.48. The average Bonchev–Trinajstić information content (AvgIpc) is 2.72. The highest BCUT2D eigenvalue weighted by Crippen LogP contribution is 2.23. The largest absolute Gasteiger partial charge is 0.465 e. The Kier molecular flexibility index (Phi) is 6.00. The third-order valence-corrected chi connectivity index (χ3v) is 5.45. The number of nitrogens with two attached hydrogens (primary N) is 1. The summed E-state index contributed by atoms with van der Waals surface area (Å²) in [5.41, 5.74) is 1.55. The fourth-order valence-electron chi connectivity index (χ4n) is 2.98. The van der Waals surface area contributed by atoms with Crippen LogP contribution in [0.3, 0.4) is 0 Å². The van der Waals surface area contributed by atoms with Crippen molar-refractivity contribution in [3.8, 4) is 0 Å². The molecule has 0 saturated heterocycles. The molecule has 0 aliphatic carbocycles. The highest BCUT2D eigenvalue weighted by atomic mass is 32.2. The van der Waals surface area contributed by atoms with Gasteiger partial charge in [-0.15, -0.1) is 0 Å². The highest BCUT2D eigenvalue weighted by Gasteiger charge is 2.18. The van der Waals surface area contributed by atoms with Crippen LogP contribution in [0.15, 0.2) is 71.6 Å². The summed E-state index contributed by atoms with van der Waals surface area (Å²) in [6, 6.07) is 17.2. The van der Waals surface area contributed by atoms with E-state index in [2.05, 4.69) is 10.1 Å². The zero-order chi connectivity index (χ0) is 21.9. The van der Waals surface area contributed by atoms with E-state index in [-0.39, 0.29) is 16.1 Å². The number of allylic oxidation sites excluding steroid dienone is 1. The normalized spacial score (nSPS) is 11.9. The standard InChI is InChI=1S/C22H20N2O5S/c1-14(16-8-7-15-5-3-4-6-17(15)12-16)11-21(25)24-20-13-18(30(23,27)28)9-10-19(20)22(26)29-2/h3-13H,1-2H3,(H,24,25)(H2,23,27,28). The minimum atomic E-state index is -4.02. The summed E-state index contributed by atoms with van der Waals surface area (Å²) < 4.78 is 27.9. The third-order valence-electron chi connectivity index (χ3n) is 4.54. The lowest BCUT2D eigenvalue weighted by Crippen LogP contribution is -2.17. The number of fused-ring (bicyclic) bond motifs is 1. The quantitative estimate of drug-likeness (QED) is 0.482. The van der Waals surface area contributed by atoms with Gasteiger partial charge in [-0.3, -0.25) is 4.79 Å². The lowest BCUT2D eigenvalue weighted by molar-refractivity contribution is -0.111. The maximum Gasteiger partial charge on any atom is 0.339 e. The van der Waals surface area contributed by atoms with Crippen molar-refractivity contribution in [2.24, 2.45) is 5.14 Å². The van der Waals surface area contributed by atoms with E-state index in [0.717, 1.165) is 22.4 Å². The molecule has 3 rings (SSSR count). The van der Waals surface area contributed by atoms with Gasteiger partial charge in [-0.05, 0) is 53.1 Å². The van der Waals surface area contributed by atoms with Gasteiger partial charge in [0.15, 0.2) is 0 Å². The number of nitrogens with one attached hydrogen (secondary N) is 1. The van der Waals surface area contributed by atoms with E-state index >= 15 is 0 Å². The molecular formula is C22H20N2O5S. The maximum absolute atomic E-state index is 12.6. The van der Waals surface area contributed by atoms with E-state index in [1.165, 1.54) is 25.3 Å². The highest BCUT2D eigenvalue weighted by molar-refractivity contribution is 7.89. The Bertz CT molecular complexity index is 1280. The topological polar surface area (TPSA) is 116 Å². The Balaban J connectivity index is 1.92. The van der Waals surface area contributed by atoms with Crippen molar-refractivity contribution in [3.63, 3.8) is 0 Å². The summed E-state index contributed by atoms with van der Waals surface area (Å²) in [6.07, 6.45) is 1.37. The first kappa shape index (κ1) is 21.2. The van der Waals surface area contributed by atoms with E-state index in [1.807, 2.05) is 42.5 Å². The molecule has 0 unspecified atom stereocenters. The Hall–Kier alpha value is -3.49. The van der Waals surface area contributed by atoms with Gasteiger partial charge < -0.3 is 10.1 Å². The van der Waals surface area contributed by atoms with Crippen LogP contribution < -0.4 is 10.5 Å². The van der Waals surface area contributed by atoms with Crippen molar-refractivity contribution >= 4 is 43.9 Å². The van der Waals surface area contributed by atoms with Crippen LogP contribution in [0, 0.1) is 0 Å². The molecule has 0 aromatic heterocycles. The maximum atomic E-state index is 12.6. The van der Waals surface area contributed by atoms with Crippen molar-refractivity contribution in [3.05, 3.63) is 77.9 Å². The predicted molar refractivity (Wildman–Crippen MR) is 115 cm³/mol. The molecule has 0 radical (unpaired) electrons. The van der Waals surface area contributed by atoms with Gasteiger partial charge in [-0.1, -0.05) is 36.4 Å². The van der Waals surface area contributed by atoms with Gasteiger partial charge in [0.05, 0.1) is 23.3 Å². The zero-order valence-corrected chi connectivity index (χ0v) is 17.2. The Morgan fingerprint density at radius 1 is 1.00 bits per heavy atom. The van der Waals surface area contributed by atoms with Crippen LogP contribution in [-0.2, 0) is 19.6 Å². The van der Waals surface area contributed by atoms with Gasteiger partial charge in [0, 0.05) is 6.08 Å². The molecule has 0 spiro atoms. The zero-order valence-electron chi connectivity index (χ0n) is 16.4. The first-order chi connectivity index (χ1) is 14.2. The van der Waals surface area contributed by atoms with Crippen LogP contribution in [0.4, 0.5) is 5.69 Å². The molecule has 30 heavy (non-hydrogen) atoms. The van der Waals surface area contributed by atoms with Crippen LogP contribution in [-0.4, -0.2) is 27.4 Å². The van der Waals surface area contributed by atoms with Gasteiger partial charge in [-0.25, -0.2) is 18.4 Å². The number of rotatable bonds is 5.